The van der Waals surface area contributed by atoms with Gasteiger partial charge in [-0.05, 0) is 71.6 Å². The van der Waals surface area contributed by atoms with Gasteiger partial charge in [-0.15, -0.1) is 0 Å². The molecule has 0 atom stereocenters. The third-order valence-electron chi connectivity index (χ3n) is 4.62. The molecule has 0 aliphatic carbocycles. The highest BCUT2D eigenvalue weighted by Gasteiger charge is 2.37. The Balaban J connectivity index is 0. The lowest BCUT2D eigenvalue weighted by Crippen LogP contribution is -3.00. The molecule has 0 amide bonds. The molecule has 0 unspecified atom stereocenters. The summed E-state index contributed by atoms with van der Waals surface area (Å²) in [5.74, 6) is 0.734. The molecule has 0 saturated carbocycles. The lowest BCUT2D eigenvalue weighted by atomic mass is 10.0. The molecule has 0 radical (unpaired) electrons. The van der Waals surface area contributed by atoms with Gasteiger partial charge in [0.25, 0.3) is 0 Å². The lowest BCUT2D eigenvalue weighted by molar-refractivity contribution is -0.985. The van der Waals surface area contributed by atoms with Gasteiger partial charge >= 0.3 is 0 Å². The number of quaternary nitrogens is 1. The molecule has 0 aromatic carbocycles. The van der Waals surface area contributed by atoms with E-state index in [1.54, 1.807) is 0 Å². The first kappa shape index (κ1) is 25.0. The maximum absolute atomic E-state index is 11.0. The van der Waals surface area contributed by atoms with Crippen molar-refractivity contribution in [3.63, 3.8) is 0 Å². The number of halogens is 1. The average molecular weight is 419 g/mol. The zero-order chi connectivity index (χ0) is 16.7. The highest BCUT2D eigenvalue weighted by Crippen LogP contribution is 2.26. The van der Waals surface area contributed by atoms with Gasteiger partial charge in [-0.2, -0.15) is 0 Å². The molecule has 0 aromatic heterocycles. The molecule has 22 heavy (non-hydrogen) atoms. The minimum absolute atomic E-state index is 0. The van der Waals surface area contributed by atoms with Crippen molar-refractivity contribution in [2.24, 2.45) is 0 Å². The standard InChI is InChI=1S/C16H36NO2S2.BrH/c1-14(2)17(15(3)4,16(5)6)12-10-8-9-11-13-20-21(7,18)19;/h14-16H,8-13H2,1-7H3;1H/q+1;/p-1. The monoisotopic (exact) mass is 417 g/mol. The van der Waals surface area contributed by atoms with Gasteiger partial charge in [0.05, 0.1) is 24.7 Å². The Morgan fingerprint density at radius 3 is 1.59 bits per heavy atom. The fourth-order valence-corrected chi connectivity index (χ4v) is 5.50. The first-order valence-electron chi connectivity index (χ1n) is 8.25. The first-order valence-corrected chi connectivity index (χ1v) is 11.6. The van der Waals surface area contributed by atoms with Crippen molar-refractivity contribution in [2.75, 3.05) is 18.6 Å². The normalized spacial score (nSPS) is 13.0. The predicted molar refractivity (Wildman–Crippen MR) is 96.3 cm³/mol. The number of nitrogens with zero attached hydrogens (tertiary/aromatic N) is 1. The summed E-state index contributed by atoms with van der Waals surface area (Å²) >= 11 is 0. The average Bonchev–Trinajstić information content (AvgIpc) is 2.29. The molecule has 136 valence electrons. The van der Waals surface area contributed by atoms with E-state index in [2.05, 4.69) is 41.5 Å². The van der Waals surface area contributed by atoms with Gasteiger partial charge in [0.2, 0.25) is 0 Å². The molecule has 0 heterocycles. The van der Waals surface area contributed by atoms with E-state index >= 15 is 0 Å². The smallest absolute Gasteiger partial charge is 0.198 e. The SMILES string of the molecule is CC(C)[N+](CCCCCCSS(C)(=O)=O)(C(C)C)C(C)C.[Br-]. The van der Waals surface area contributed by atoms with Gasteiger partial charge in [0.1, 0.15) is 0 Å². The highest BCUT2D eigenvalue weighted by atomic mass is 79.9. The quantitative estimate of drug-likeness (QED) is 0.288. The minimum Gasteiger partial charge on any atom is -1.00 e. The molecule has 6 heteroatoms. The van der Waals surface area contributed by atoms with Crippen LogP contribution in [0.5, 0.6) is 0 Å². The zero-order valence-electron chi connectivity index (χ0n) is 15.4. The Hall–Kier alpha value is 0.740. The molecule has 0 fully saturated rings. The largest absolute Gasteiger partial charge is 1.00 e. The maximum Gasteiger partial charge on any atom is 0.198 e. The van der Waals surface area contributed by atoms with Crippen molar-refractivity contribution >= 4 is 19.7 Å². The molecular formula is C16H36BrNO2S2. The second-order valence-electron chi connectivity index (χ2n) is 6.94. The molecule has 0 rings (SSSR count). The van der Waals surface area contributed by atoms with Gasteiger partial charge < -0.3 is 21.5 Å². The molecule has 0 N–H and O–H groups in total. The molecule has 0 spiro atoms. The van der Waals surface area contributed by atoms with E-state index in [-0.39, 0.29) is 17.0 Å². The van der Waals surface area contributed by atoms with E-state index in [0.717, 1.165) is 29.4 Å². The van der Waals surface area contributed by atoms with E-state index in [1.165, 1.54) is 30.1 Å². The van der Waals surface area contributed by atoms with E-state index < -0.39 is 8.87 Å². The molecule has 0 bridgehead atoms. The van der Waals surface area contributed by atoms with Crippen molar-refractivity contribution in [1.82, 2.24) is 0 Å². The second-order valence-corrected chi connectivity index (χ2v) is 11.5. The molecule has 0 aliphatic rings. The van der Waals surface area contributed by atoms with Gasteiger partial charge in [-0.25, -0.2) is 8.42 Å². The summed E-state index contributed by atoms with van der Waals surface area (Å²) < 4.78 is 23.3. The third-order valence-corrected chi connectivity index (χ3v) is 7.29. The van der Waals surface area contributed by atoms with Crippen molar-refractivity contribution in [3.05, 3.63) is 0 Å². The zero-order valence-corrected chi connectivity index (χ0v) is 18.7. The fourth-order valence-electron chi connectivity index (χ4n) is 3.62. The fraction of sp³-hybridized carbons (Fsp3) is 1.00. The Labute approximate surface area is 153 Å². The van der Waals surface area contributed by atoms with E-state index in [9.17, 15) is 8.42 Å². The van der Waals surface area contributed by atoms with Crippen molar-refractivity contribution in [1.29, 1.82) is 0 Å². The van der Waals surface area contributed by atoms with Crippen LogP contribution in [0.25, 0.3) is 0 Å². The molecule has 3 nitrogen and oxygen atoms in total. The van der Waals surface area contributed by atoms with E-state index in [0.29, 0.717) is 18.1 Å². The lowest BCUT2D eigenvalue weighted by Gasteiger charge is -2.49. The van der Waals surface area contributed by atoms with Crippen LogP contribution in [0.2, 0.25) is 0 Å². The second kappa shape index (κ2) is 11.3. The Morgan fingerprint density at radius 1 is 0.818 bits per heavy atom. The van der Waals surface area contributed by atoms with Crippen LogP contribution < -0.4 is 17.0 Å². The molecular weight excluding hydrogens is 382 g/mol. The summed E-state index contributed by atoms with van der Waals surface area (Å²) in [6.07, 6.45) is 5.87. The Kier molecular flexibility index (Phi) is 12.9. The number of rotatable bonds is 11. The van der Waals surface area contributed by atoms with Crippen LogP contribution in [-0.2, 0) is 8.87 Å². The Bertz CT molecular complexity index is 360. The van der Waals surface area contributed by atoms with Gasteiger partial charge in [-0.3, -0.25) is 0 Å². The molecule has 0 aliphatic heterocycles. The Morgan fingerprint density at radius 2 is 1.23 bits per heavy atom. The van der Waals surface area contributed by atoms with Gasteiger partial charge in [-0.1, -0.05) is 6.42 Å². The van der Waals surface area contributed by atoms with Gasteiger partial charge in [0.15, 0.2) is 8.87 Å². The third kappa shape index (κ3) is 8.55. The molecule has 0 aromatic rings. The van der Waals surface area contributed by atoms with Crippen LogP contribution in [0.15, 0.2) is 0 Å². The first-order chi connectivity index (χ1) is 9.54. The predicted octanol–water partition coefficient (Wildman–Crippen LogP) is 1.29. The van der Waals surface area contributed by atoms with Gasteiger partial charge in [0, 0.05) is 12.0 Å². The summed E-state index contributed by atoms with van der Waals surface area (Å²) in [5.41, 5.74) is 0. The van der Waals surface area contributed by atoms with Crippen molar-refractivity contribution < 1.29 is 29.9 Å². The van der Waals surface area contributed by atoms with E-state index in [1.807, 2.05) is 0 Å². The number of unbranched alkanes of at least 4 members (excludes halogenated alkanes) is 3. The highest BCUT2D eigenvalue weighted by molar-refractivity contribution is 8.71. The van der Waals surface area contributed by atoms with Crippen LogP contribution in [0, 0.1) is 0 Å². The summed E-state index contributed by atoms with van der Waals surface area (Å²) in [6.45, 7) is 15.2. The van der Waals surface area contributed by atoms with Crippen LogP contribution in [0.3, 0.4) is 0 Å². The number of hydrogen-bond donors (Lipinski definition) is 0. The van der Waals surface area contributed by atoms with Crippen LogP contribution >= 0.6 is 10.8 Å². The van der Waals surface area contributed by atoms with Crippen LogP contribution in [0.1, 0.15) is 67.2 Å². The summed E-state index contributed by atoms with van der Waals surface area (Å²) in [7, 11) is -1.78. The minimum atomic E-state index is -2.86. The summed E-state index contributed by atoms with van der Waals surface area (Å²) in [4.78, 5) is 0. The molecule has 0 saturated heterocycles. The van der Waals surface area contributed by atoms with E-state index in [4.69, 9.17) is 0 Å². The van der Waals surface area contributed by atoms with Crippen LogP contribution in [0.4, 0.5) is 0 Å². The topological polar surface area (TPSA) is 34.1 Å². The number of hydrogen-bond acceptors (Lipinski definition) is 3. The van der Waals surface area contributed by atoms with Crippen LogP contribution in [-0.4, -0.2) is 49.6 Å². The maximum atomic E-state index is 11.0. The summed E-state index contributed by atoms with van der Waals surface area (Å²) in [6, 6.07) is 1.93. The van der Waals surface area contributed by atoms with Crippen molar-refractivity contribution in [2.45, 2.75) is 85.4 Å². The van der Waals surface area contributed by atoms with Crippen molar-refractivity contribution in [3.8, 4) is 0 Å². The summed E-state index contributed by atoms with van der Waals surface area (Å²) in [5, 5.41) is 0.